The predicted octanol–water partition coefficient (Wildman–Crippen LogP) is 1.55. The molecule has 1 N–H and O–H groups in total. The summed E-state index contributed by atoms with van der Waals surface area (Å²) in [5, 5.41) is 8.96. The highest BCUT2D eigenvalue weighted by atomic mass is 16.4. The van der Waals surface area contributed by atoms with E-state index < -0.39 is 0 Å². The van der Waals surface area contributed by atoms with Gasteiger partial charge in [-0.3, -0.25) is 4.90 Å². The lowest BCUT2D eigenvalue weighted by molar-refractivity contribution is 0.146. The molecule has 0 bridgehead atoms. The first kappa shape index (κ1) is 13.6. The third-order valence-corrected chi connectivity index (χ3v) is 3.58. The minimum absolute atomic E-state index is 0.00902. The molecular formula is C14H24N2O2. The Labute approximate surface area is 109 Å². The van der Waals surface area contributed by atoms with E-state index in [4.69, 9.17) is 9.52 Å². The first-order chi connectivity index (χ1) is 8.67. The molecule has 0 atom stereocenters. The minimum atomic E-state index is -0.00902. The summed E-state index contributed by atoms with van der Waals surface area (Å²) in [6, 6.07) is 3.82. The third kappa shape index (κ3) is 3.83. The molecule has 1 aromatic heterocycles. The van der Waals surface area contributed by atoms with E-state index in [-0.39, 0.29) is 6.61 Å². The van der Waals surface area contributed by atoms with Crippen molar-refractivity contribution in [3.8, 4) is 0 Å². The lowest BCUT2D eigenvalue weighted by atomic mass is 9.96. The molecule has 1 aliphatic heterocycles. The van der Waals surface area contributed by atoms with Crippen LogP contribution in [0.25, 0.3) is 0 Å². The van der Waals surface area contributed by atoms with Gasteiger partial charge in [0.25, 0.3) is 0 Å². The van der Waals surface area contributed by atoms with E-state index in [1.165, 1.54) is 19.4 Å². The summed E-state index contributed by atoms with van der Waals surface area (Å²) in [4.78, 5) is 4.71. The van der Waals surface area contributed by atoms with Gasteiger partial charge in [-0.05, 0) is 58.1 Å². The number of aliphatic hydroxyl groups is 1. The number of nitrogens with zero attached hydrogens (tertiary/aromatic N) is 2. The van der Waals surface area contributed by atoms with E-state index in [1.54, 1.807) is 0 Å². The smallest absolute Gasteiger partial charge is 0.129 e. The van der Waals surface area contributed by atoms with Crippen LogP contribution in [0.3, 0.4) is 0 Å². The SMILES string of the molecule is CN(C)CC1CCN(Cc2ccc(CO)o2)CC1. The molecular weight excluding hydrogens is 228 g/mol. The average molecular weight is 252 g/mol. The Morgan fingerprint density at radius 3 is 2.50 bits per heavy atom. The molecule has 0 spiro atoms. The summed E-state index contributed by atoms with van der Waals surface area (Å²) in [5.74, 6) is 2.46. The first-order valence-electron chi connectivity index (χ1n) is 6.73. The van der Waals surface area contributed by atoms with E-state index in [9.17, 15) is 0 Å². The summed E-state index contributed by atoms with van der Waals surface area (Å²) in [6.07, 6.45) is 2.54. The van der Waals surface area contributed by atoms with Crippen LogP contribution in [0.15, 0.2) is 16.5 Å². The van der Waals surface area contributed by atoms with Crippen LogP contribution in [-0.4, -0.2) is 48.6 Å². The Kier molecular flexibility index (Phi) is 4.80. The van der Waals surface area contributed by atoms with Crippen LogP contribution in [0.2, 0.25) is 0 Å². The minimum Gasteiger partial charge on any atom is -0.462 e. The maximum Gasteiger partial charge on any atom is 0.129 e. The van der Waals surface area contributed by atoms with Crippen molar-refractivity contribution in [2.75, 3.05) is 33.7 Å². The first-order valence-corrected chi connectivity index (χ1v) is 6.73. The van der Waals surface area contributed by atoms with E-state index in [0.717, 1.165) is 31.3 Å². The highest BCUT2D eigenvalue weighted by molar-refractivity contribution is 5.06. The molecule has 4 heteroatoms. The number of furan rings is 1. The molecule has 0 amide bonds. The molecule has 4 nitrogen and oxygen atoms in total. The lowest BCUT2D eigenvalue weighted by Crippen LogP contribution is -2.36. The zero-order chi connectivity index (χ0) is 13.0. The Morgan fingerprint density at radius 2 is 1.94 bits per heavy atom. The van der Waals surface area contributed by atoms with Gasteiger partial charge in [0.1, 0.15) is 18.1 Å². The van der Waals surface area contributed by atoms with Gasteiger partial charge in [0, 0.05) is 6.54 Å². The summed E-state index contributed by atoms with van der Waals surface area (Å²) in [6.45, 7) is 4.35. The Morgan fingerprint density at radius 1 is 1.28 bits per heavy atom. The zero-order valence-electron chi connectivity index (χ0n) is 11.4. The van der Waals surface area contributed by atoms with Crippen molar-refractivity contribution in [1.82, 2.24) is 9.80 Å². The molecule has 0 aromatic carbocycles. The Balaban J connectivity index is 1.76. The van der Waals surface area contributed by atoms with Crippen molar-refractivity contribution in [3.63, 3.8) is 0 Å². The maximum atomic E-state index is 8.96. The monoisotopic (exact) mass is 252 g/mol. The van der Waals surface area contributed by atoms with Crippen LogP contribution < -0.4 is 0 Å². The summed E-state index contributed by atoms with van der Waals surface area (Å²) in [5.41, 5.74) is 0. The van der Waals surface area contributed by atoms with Crippen molar-refractivity contribution in [2.45, 2.75) is 26.0 Å². The quantitative estimate of drug-likeness (QED) is 0.863. The molecule has 18 heavy (non-hydrogen) atoms. The second-order valence-corrected chi connectivity index (χ2v) is 5.51. The summed E-state index contributed by atoms with van der Waals surface area (Å²) >= 11 is 0. The second-order valence-electron chi connectivity index (χ2n) is 5.51. The standard InChI is InChI=1S/C14H24N2O2/c1-15(2)9-12-5-7-16(8-6-12)10-13-3-4-14(11-17)18-13/h3-4,12,17H,5-11H2,1-2H3. The van der Waals surface area contributed by atoms with Gasteiger partial charge in [-0.25, -0.2) is 0 Å². The van der Waals surface area contributed by atoms with Crippen LogP contribution in [-0.2, 0) is 13.2 Å². The fraction of sp³-hybridized carbons (Fsp3) is 0.714. The third-order valence-electron chi connectivity index (χ3n) is 3.58. The fourth-order valence-corrected chi connectivity index (χ4v) is 2.66. The van der Waals surface area contributed by atoms with Gasteiger partial charge in [0.05, 0.1) is 6.54 Å². The highest BCUT2D eigenvalue weighted by Crippen LogP contribution is 2.20. The molecule has 102 valence electrons. The van der Waals surface area contributed by atoms with Gasteiger partial charge >= 0.3 is 0 Å². The number of likely N-dealkylation sites (tertiary alicyclic amines) is 1. The van der Waals surface area contributed by atoms with Gasteiger partial charge in [-0.2, -0.15) is 0 Å². The highest BCUT2D eigenvalue weighted by Gasteiger charge is 2.20. The van der Waals surface area contributed by atoms with Gasteiger partial charge < -0.3 is 14.4 Å². The van der Waals surface area contributed by atoms with Crippen molar-refractivity contribution in [3.05, 3.63) is 23.7 Å². The lowest BCUT2D eigenvalue weighted by Gasteiger charge is -2.32. The molecule has 0 radical (unpaired) electrons. The molecule has 1 aromatic rings. The largest absolute Gasteiger partial charge is 0.462 e. The van der Waals surface area contributed by atoms with Crippen molar-refractivity contribution in [1.29, 1.82) is 0 Å². The van der Waals surface area contributed by atoms with E-state index in [2.05, 4.69) is 23.9 Å². The maximum absolute atomic E-state index is 8.96. The summed E-state index contributed by atoms with van der Waals surface area (Å²) < 4.78 is 5.53. The number of hydrogen-bond acceptors (Lipinski definition) is 4. The molecule has 2 rings (SSSR count). The Hall–Kier alpha value is -0.840. The number of hydrogen-bond donors (Lipinski definition) is 1. The fourth-order valence-electron chi connectivity index (χ4n) is 2.66. The molecule has 0 aliphatic carbocycles. The molecule has 1 fully saturated rings. The normalized spacial score (nSPS) is 18.7. The van der Waals surface area contributed by atoms with Crippen LogP contribution in [0.5, 0.6) is 0 Å². The second kappa shape index (κ2) is 6.36. The van der Waals surface area contributed by atoms with E-state index in [0.29, 0.717) is 5.76 Å². The number of rotatable bonds is 5. The molecule has 0 saturated carbocycles. The average Bonchev–Trinajstić information content (AvgIpc) is 2.79. The predicted molar refractivity (Wildman–Crippen MR) is 71.2 cm³/mol. The van der Waals surface area contributed by atoms with Crippen molar-refractivity contribution in [2.24, 2.45) is 5.92 Å². The topological polar surface area (TPSA) is 39.9 Å². The van der Waals surface area contributed by atoms with Gasteiger partial charge in [0.15, 0.2) is 0 Å². The molecule has 2 heterocycles. The van der Waals surface area contributed by atoms with Crippen LogP contribution >= 0.6 is 0 Å². The van der Waals surface area contributed by atoms with Crippen LogP contribution in [0.4, 0.5) is 0 Å². The van der Waals surface area contributed by atoms with Crippen LogP contribution in [0, 0.1) is 5.92 Å². The van der Waals surface area contributed by atoms with Crippen LogP contribution in [0.1, 0.15) is 24.4 Å². The molecule has 1 saturated heterocycles. The van der Waals surface area contributed by atoms with E-state index in [1.807, 2.05) is 12.1 Å². The van der Waals surface area contributed by atoms with Gasteiger partial charge in [0.2, 0.25) is 0 Å². The molecule has 1 aliphatic rings. The molecule has 0 unspecified atom stereocenters. The number of aliphatic hydroxyl groups excluding tert-OH is 1. The number of piperidine rings is 1. The van der Waals surface area contributed by atoms with Crippen molar-refractivity contribution >= 4 is 0 Å². The van der Waals surface area contributed by atoms with E-state index >= 15 is 0 Å². The van der Waals surface area contributed by atoms with Crippen molar-refractivity contribution < 1.29 is 9.52 Å². The summed E-state index contributed by atoms with van der Waals surface area (Å²) in [7, 11) is 4.29. The van der Waals surface area contributed by atoms with Gasteiger partial charge in [-0.15, -0.1) is 0 Å². The zero-order valence-corrected chi connectivity index (χ0v) is 11.4. The van der Waals surface area contributed by atoms with Gasteiger partial charge in [-0.1, -0.05) is 0 Å². The Bertz CT molecular complexity index is 354.